The summed E-state index contributed by atoms with van der Waals surface area (Å²) in [6.07, 6.45) is 3.53. The van der Waals surface area contributed by atoms with Gasteiger partial charge >= 0.3 is 0 Å². The minimum Gasteiger partial charge on any atom is -0.347 e. The Morgan fingerprint density at radius 1 is 1.21 bits per heavy atom. The molecule has 1 heterocycles. The van der Waals surface area contributed by atoms with Gasteiger partial charge in [-0.15, -0.1) is 0 Å². The number of nitrogens with zero attached hydrogens (tertiary/aromatic N) is 2. The Kier molecular flexibility index (Phi) is 5.66. The average Bonchev–Trinajstić information content (AvgIpc) is 2.89. The van der Waals surface area contributed by atoms with Crippen molar-refractivity contribution in [2.24, 2.45) is 7.05 Å². The van der Waals surface area contributed by atoms with Gasteiger partial charge in [0.2, 0.25) is 5.91 Å². The van der Waals surface area contributed by atoms with Crippen molar-refractivity contribution in [1.82, 2.24) is 14.9 Å². The molecule has 2 rings (SSSR count). The van der Waals surface area contributed by atoms with Crippen molar-refractivity contribution < 1.29 is 9.59 Å². The molecule has 2 N–H and O–H groups in total. The van der Waals surface area contributed by atoms with Gasteiger partial charge in [0.05, 0.1) is 5.75 Å². The normalized spacial score (nSPS) is 11.2. The molecule has 2 aromatic rings. The fourth-order valence-corrected chi connectivity index (χ4v) is 2.67. The van der Waals surface area contributed by atoms with Crippen LogP contribution < -0.4 is 10.6 Å². The molecule has 0 atom stereocenters. The third-order valence-electron chi connectivity index (χ3n) is 3.03. The molecule has 24 heavy (non-hydrogen) atoms. The first-order valence-corrected chi connectivity index (χ1v) is 8.56. The lowest BCUT2D eigenvalue weighted by atomic mass is 10.1. The molecule has 0 saturated carbocycles. The highest BCUT2D eigenvalue weighted by atomic mass is 32.2. The van der Waals surface area contributed by atoms with Crippen LogP contribution in [0.4, 0.5) is 5.69 Å². The van der Waals surface area contributed by atoms with Gasteiger partial charge in [-0.3, -0.25) is 9.59 Å². The van der Waals surface area contributed by atoms with E-state index in [2.05, 4.69) is 15.6 Å². The number of hydrogen-bond acceptors (Lipinski definition) is 4. The molecule has 128 valence electrons. The van der Waals surface area contributed by atoms with Crippen molar-refractivity contribution >= 4 is 29.3 Å². The number of aromatic nitrogens is 2. The number of rotatable bonds is 5. The number of imidazole rings is 1. The van der Waals surface area contributed by atoms with Crippen LogP contribution in [0.3, 0.4) is 0 Å². The van der Waals surface area contributed by atoms with Crippen molar-refractivity contribution in [3.63, 3.8) is 0 Å². The Morgan fingerprint density at radius 3 is 2.42 bits per heavy atom. The van der Waals surface area contributed by atoms with Gasteiger partial charge in [-0.2, -0.15) is 0 Å². The summed E-state index contributed by atoms with van der Waals surface area (Å²) in [6.45, 7) is 5.79. The van der Waals surface area contributed by atoms with E-state index in [1.54, 1.807) is 30.5 Å². The smallest absolute Gasteiger partial charge is 0.251 e. The number of hydrogen-bond donors (Lipinski definition) is 2. The fraction of sp³-hybridized carbons (Fsp3) is 0.353. The van der Waals surface area contributed by atoms with E-state index in [0.29, 0.717) is 11.3 Å². The quantitative estimate of drug-likeness (QED) is 0.816. The summed E-state index contributed by atoms with van der Waals surface area (Å²) in [4.78, 5) is 28.2. The Labute approximate surface area is 146 Å². The largest absolute Gasteiger partial charge is 0.347 e. The van der Waals surface area contributed by atoms with Crippen molar-refractivity contribution in [3.05, 3.63) is 42.2 Å². The van der Waals surface area contributed by atoms with Crippen LogP contribution in [0.5, 0.6) is 0 Å². The molecule has 7 heteroatoms. The van der Waals surface area contributed by atoms with Crippen molar-refractivity contribution in [1.29, 1.82) is 0 Å². The monoisotopic (exact) mass is 346 g/mol. The number of aryl methyl sites for hydroxylation is 1. The highest BCUT2D eigenvalue weighted by Gasteiger charge is 2.15. The summed E-state index contributed by atoms with van der Waals surface area (Å²) in [7, 11) is 1.88. The van der Waals surface area contributed by atoms with E-state index in [0.717, 1.165) is 5.16 Å². The van der Waals surface area contributed by atoms with Gasteiger partial charge in [0.15, 0.2) is 5.16 Å². The lowest BCUT2D eigenvalue weighted by Gasteiger charge is -2.20. The molecule has 6 nitrogen and oxygen atoms in total. The summed E-state index contributed by atoms with van der Waals surface area (Å²) in [5, 5.41) is 6.50. The fourth-order valence-electron chi connectivity index (χ4n) is 1.94. The molecule has 0 radical (unpaired) electrons. The lowest BCUT2D eigenvalue weighted by Crippen LogP contribution is -2.40. The van der Waals surface area contributed by atoms with Gasteiger partial charge in [-0.1, -0.05) is 11.8 Å². The molecule has 0 saturated heterocycles. The number of thioether (sulfide) groups is 1. The number of carbonyl (C=O) groups excluding carboxylic acids is 2. The summed E-state index contributed by atoms with van der Waals surface area (Å²) < 4.78 is 1.86. The van der Waals surface area contributed by atoms with Gasteiger partial charge in [-0.25, -0.2) is 4.98 Å². The van der Waals surface area contributed by atoms with E-state index >= 15 is 0 Å². The molecule has 0 aliphatic carbocycles. The third-order valence-corrected chi connectivity index (χ3v) is 4.09. The number of benzene rings is 1. The maximum atomic E-state index is 12.0. The molecule has 0 spiro atoms. The second-order valence-corrected chi connectivity index (χ2v) is 7.38. The molecular weight excluding hydrogens is 324 g/mol. The Balaban J connectivity index is 1.88. The van der Waals surface area contributed by atoms with Crippen molar-refractivity contribution in [3.8, 4) is 0 Å². The number of anilines is 1. The van der Waals surface area contributed by atoms with Crippen LogP contribution in [-0.2, 0) is 11.8 Å². The summed E-state index contributed by atoms with van der Waals surface area (Å²) in [5.74, 6) is 0.0255. The van der Waals surface area contributed by atoms with Crippen molar-refractivity contribution in [2.45, 2.75) is 31.5 Å². The molecule has 0 aliphatic heterocycles. The minimum absolute atomic E-state index is 0.116. The standard InChI is InChI=1S/C17H22N4O2S/c1-17(2,3)20-15(23)12-5-7-13(8-6-12)19-14(22)11-24-16-18-9-10-21(16)4/h5-10H,11H2,1-4H3,(H,19,22)(H,20,23). The molecule has 1 aromatic heterocycles. The lowest BCUT2D eigenvalue weighted by molar-refractivity contribution is -0.113. The zero-order chi connectivity index (χ0) is 17.7. The van der Waals surface area contributed by atoms with Crippen LogP contribution in [0, 0.1) is 0 Å². The molecule has 0 unspecified atom stereocenters. The number of amides is 2. The Hall–Kier alpha value is -2.28. The van der Waals surface area contributed by atoms with E-state index in [1.165, 1.54) is 11.8 Å². The Bertz CT molecular complexity index is 717. The maximum Gasteiger partial charge on any atom is 0.251 e. The molecule has 1 aromatic carbocycles. The van der Waals surface area contributed by atoms with E-state index in [4.69, 9.17) is 0 Å². The molecule has 0 aliphatic rings. The van der Waals surface area contributed by atoms with Crippen LogP contribution in [-0.4, -0.2) is 32.7 Å². The van der Waals surface area contributed by atoms with Gasteiger partial charge in [-0.05, 0) is 45.0 Å². The van der Waals surface area contributed by atoms with Crippen LogP contribution in [0.25, 0.3) is 0 Å². The average molecular weight is 346 g/mol. The Morgan fingerprint density at radius 2 is 1.88 bits per heavy atom. The highest BCUT2D eigenvalue weighted by Crippen LogP contribution is 2.16. The molecule has 2 amide bonds. The highest BCUT2D eigenvalue weighted by molar-refractivity contribution is 7.99. The van der Waals surface area contributed by atoms with E-state index in [-0.39, 0.29) is 23.1 Å². The SMILES string of the molecule is Cn1ccnc1SCC(=O)Nc1ccc(C(=O)NC(C)(C)C)cc1. The van der Waals surface area contributed by atoms with Gasteiger partial charge in [0.25, 0.3) is 5.91 Å². The second-order valence-electron chi connectivity index (χ2n) is 6.44. The van der Waals surface area contributed by atoms with Gasteiger partial charge < -0.3 is 15.2 Å². The van der Waals surface area contributed by atoms with E-state index in [1.807, 2.05) is 38.6 Å². The topological polar surface area (TPSA) is 76.0 Å². The van der Waals surface area contributed by atoms with Crippen LogP contribution in [0.2, 0.25) is 0 Å². The van der Waals surface area contributed by atoms with E-state index < -0.39 is 0 Å². The maximum absolute atomic E-state index is 12.0. The molecular formula is C17H22N4O2S. The first kappa shape index (κ1) is 18.1. The predicted octanol–water partition coefficient (Wildman–Crippen LogP) is 2.68. The summed E-state index contributed by atoms with van der Waals surface area (Å²) in [5.41, 5.74) is 0.935. The number of nitrogens with one attached hydrogen (secondary N) is 2. The number of carbonyl (C=O) groups is 2. The second kappa shape index (κ2) is 7.53. The third kappa shape index (κ3) is 5.42. The van der Waals surface area contributed by atoms with Crippen molar-refractivity contribution in [2.75, 3.05) is 11.1 Å². The molecule has 0 fully saturated rings. The van der Waals surface area contributed by atoms with Gasteiger partial charge in [0, 0.05) is 36.2 Å². The van der Waals surface area contributed by atoms with Crippen LogP contribution in [0.1, 0.15) is 31.1 Å². The van der Waals surface area contributed by atoms with Gasteiger partial charge in [0.1, 0.15) is 0 Å². The van der Waals surface area contributed by atoms with Crippen LogP contribution in [0.15, 0.2) is 41.8 Å². The van der Waals surface area contributed by atoms with E-state index in [9.17, 15) is 9.59 Å². The molecule has 0 bridgehead atoms. The zero-order valence-electron chi connectivity index (χ0n) is 14.3. The first-order valence-electron chi connectivity index (χ1n) is 7.57. The summed E-state index contributed by atoms with van der Waals surface area (Å²) in [6, 6.07) is 6.84. The zero-order valence-corrected chi connectivity index (χ0v) is 15.1. The first-order chi connectivity index (χ1) is 11.2. The predicted molar refractivity (Wildman–Crippen MR) is 96.2 cm³/mol. The minimum atomic E-state index is -0.286. The summed E-state index contributed by atoms with van der Waals surface area (Å²) >= 11 is 1.37. The van der Waals surface area contributed by atoms with Crippen LogP contribution >= 0.6 is 11.8 Å².